The highest BCUT2D eigenvalue weighted by atomic mass is 79.9. The van der Waals surface area contributed by atoms with Gasteiger partial charge < -0.3 is 9.84 Å². The third-order valence-electron chi connectivity index (χ3n) is 3.13. The van der Waals surface area contributed by atoms with Crippen molar-refractivity contribution in [2.24, 2.45) is 0 Å². The highest BCUT2D eigenvalue weighted by Crippen LogP contribution is 2.28. The lowest BCUT2D eigenvalue weighted by atomic mass is 10.1. The van der Waals surface area contributed by atoms with E-state index in [1.807, 2.05) is 13.0 Å². The van der Waals surface area contributed by atoms with Crippen molar-refractivity contribution in [3.05, 3.63) is 63.1 Å². The molecule has 2 aromatic rings. The summed E-state index contributed by atoms with van der Waals surface area (Å²) < 4.78 is 33.3. The average Bonchev–Trinajstić information content (AvgIpc) is 2.43. The van der Waals surface area contributed by atoms with Gasteiger partial charge in [-0.05, 0) is 53.5 Å². The predicted octanol–water partition coefficient (Wildman–Crippen LogP) is 4.67. The van der Waals surface area contributed by atoms with Crippen molar-refractivity contribution in [3.63, 3.8) is 0 Å². The van der Waals surface area contributed by atoms with Crippen molar-refractivity contribution in [1.82, 2.24) is 0 Å². The molecule has 0 bridgehead atoms. The van der Waals surface area contributed by atoms with Gasteiger partial charge in [-0.15, -0.1) is 0 Å². The van der Waals surface area contributed by atoms with E-state index in [2.05, 4.69) is 15.9 Å². The molecule has 1 N–H and O–H groups in total. The quantitative estimate of drug-likeness (QED) is 0.806. The molecule has 0 saturated heterocycles. The monoisotopic (exact) mass is 356 g/mol. The van der Waals surface area contributed by atoms with Crippen LogP contribution < -0.4 is 4.74 Å². The molecule has 5 heteroatoms. The Balaban J connectivity index is 2.29. The Morgan fingerprint density at radius 1 is 1.24 bits per heavy atom. The van der Waals surface area contributed by atoms with Crippen LogP contribution in [-0.2, 0) is 6.61 Å². The molecule has 2 aromatic carbocycles. The summed E-state index contributed by atoms with van der Waals surface area (Å²) in [7, 11) is 0. The Morgan fingerprint density at radius 2 is 1.95 bits per heavy atom. The highest BCUT2D eigenvalue weighted by molar-refractivity contribution is 9.10. The minimum Gasteiger partial charge on any atom is -0.488 e. The minimum absolute atomic E-state index is 0.151. The fraction of sp³-hybridized carbons (Fsp3) is 0.250. The van der Waals surface area contributed by atoms with E-state index in [9.17, 15) is 13.9 Å². The summed E-state index contributed by atoms with van der Waals surface area (Å²) in [6, 6.07) is 7.80. The Labute approximate surface area is 130 Å². The number of hydrogen-bond donors (Lipinski definition) is 1. The lowest BCUT2D eigenvalue weighted by Crippen LogP contribution is -2.05. The van der Waals surface area contributed by atoms with Crippen LogP contribution in [0.15, 0.2) is 34.8 Å². The van der Waals surface area contributed by atoms with Crippen LogP contribution in [-0.4, -0.2) is 5.11 Å². The Bertz CT molecular complexity index is 657. The number of hydrogen-bond acceptors (Lipinski definition) is 2. The normalized spacial score (nSPS) is 12.3. The number of halogens is 3. The van der Waals surface area contributed by atoms with Gasteiger partial charge in [-0.3, -0.25) is 0 Å². The topological polar surface area (TPSA) is 29.5 Å². The predicted molar refractivity (Wildman–Crippen MR) is 80.2 cm³/mol. The molecule has 21 heavy (non-hydrogen) atoms. The molecular formula is C16H15BrF2O2. The van der Waals surface area contributed by atoms with Crippen molar-refractivity contribution in [1.29, 1.82) is 0 Å². The van der Waals surface area contributed by atoms with Gasteiger partial charge in [0.15, 0.2) is 0 Å². The van der Waals surface area contributed by atoms with E-state index in [0.717, 1.165) is 5.56 Å². The third-order valence-corrected chi connectivity index (χ3v) is 3.74. The molecule has 112 valence electrons. The molecule has 0 spiro atoms. The second-order valence-electron chi connectivity index (χ2n) is 4.83. The lowest BCUT2D eigenvalue weighted by molar-refractivity contribution is 0.189. The average molecular weight is 357 g/mol. The van der Waals surface area contributed by atoms with Gasteiger partial charge in [0.25, 0.3) is 0 Å². The van der Waals surface area contributed by atoms with E-state index in [0.29, 0.717) is 11.3 Å². The maximum atomic E-state index is 13.9. The molecule has 0 aliphatic heterocycles. The molecule has 0 aliphatic rings. The summed E-state index contributed by atoms with van der Waals surface area (Å²) in [5, 5.41) is 9.71. The number of aliphatic hydroxyl groups is 1. The number of aryl methyl sites for hydroxylation is 1. The van der Waals surface area contributed by atoms with Crippen molar-refractivity contribution >= 4 is 15.9 Å². The van der Waals surface area contributed by atoms with Crippen LogP contribution in [0.5, 0.6) is 5.75 Å². The number of ether oxygens (including phenoxy) is 1. The van der Waals surface area contributed by atoms with Crippen LogP contribution in [0.2, 0.25) is 0 Å². The number of aliphatic hydroxyl groups excluding tert-OH is 1. The molecular weight excluding hydrogens is 342 g/mol. The molecule has 0 saturated carbocycles. The summed E-state index contributed by atoms with van der Waals surface area (Å²) in [4.78, 5) is 0. The number of benzene rings is 2. The molecule has 0 radical (unpaired) electrons. The van der Waals surface area contributed by atoms with Crippen LogP contribution in [0.3, 0.4) is 0 Å². The summed E-state index contributed by atoms with van der Waals surface area (Å²) >= 11 is 3.02. The first-order valence-electron chi connectivity index (χ1n) is 6.44. The van der Waals surface area contributed by atoms with Gasteiger partial charge in [0.2, 0.25) is 0 Å². The standard InChI is InChI=1S/C16H15BrF2O2/c1-9-3-4-11(10(2)20)15(7-9)21-8-12-14(18)6-5-13(17)16(12)19/h3-7,10,20H,8H2,1-2H3. The summed E-state index contributed by atoms with van der Waals surface area (Å²) in [5.41, 5.74) is 1.36. The minimum atomic E-state index is -0.724. The zero-order valence-corrected chi connectivity index (χ0v) is 13.2. The fourth-order valence-electron chi connectivity index (χ4n) is 1.96. The van der Waals surface area contributed by atoms with E-state index in [1.165, 1.54) is 12.1 Å². The molecule has 2 nitrogen and oxygen atoms in total. The van der Waals surface area contributed by atoms with Gasteiger partial charge in [0, 0.05) is 5.56 Å². The first-order chi connectivity index (χ1) is 9.90. The third kappa shape index (κ3) is 3.60. The molecule has 0 heterocycles. The van der Waals surface area contributed by atoms with E-state index in [1.54, 1.807) is 19.1 Å². The summed E-state index contributed by atoms with van der Waals surface area (Å²) in [6.45, 7) is 3.23. The van der Waals surface area contributed by atoms with Crippen LogP contribution in [0.1, 0.15) is 29.7 Å². The molecule has 0 aromatic heterocycles. The molecule has 2 rings (SSSR count). The van der Waals surface area contributed by atoms with Crippen LogP contribution in [0.25, 0.3) is 0 Å². The maximum absolute atomic E-state index is 13.9. The summed E-state index contributed by atoms with van der Waals surface area (Å²) in [6.07, 6.45) is -0.724. The van der Waals surface area contributed by atoms with Crippen molar-refractivity contribution in [2.45, 2.75) is 26.6 Å². The Kier molecular flexibility index (Phi) is 4.96. The smallest absolute Gasteiger partial charge is 0.146 e. The molecule has 1 atom stereocenters. The van der Waals surface area contributed by atoms with Gasteiger partial charge >= 0.3 is 0 Å². The summed E-state index contributed by atoms with van der Waals surface area (Å²) in [5.74, 6) is -0.924. The highest BCUT2D eigenvalue weighted by Gasteiger charge is 2.15. The van der Waals surface area contributed by atoms with Crippen LogP contribution in [0, 0.1) is 18.6 Å². The van der Waals surface area contributed by atoms with Gasteiger partial charge in [-0.2, -0.15) is 0 Å². The van der Waals surface area contributed by atoms with E-state index >= 15 is 0 Å². The second-order valence-corrected chi connectivity index (χ2v) is 5.68. The van der Waals surface area contributed by atoms with Gasteiger partial charge in [0.05, 0.1) is 16.1 Å². The van der Waals surface area contributed by atoms with Crippen molar-refractivity contribution < 1.29 is 18.6 Å². The van der Waals surface area contributed by atoms with Gasteiger partial charge in [-0.25, -0.2) is 8.78 Å². The van der Waals surface area contributed by atoms with Crippen LogP contribution in [0.4, 0.5) is 8.78 Å². The first-order valence-corrected chi connectivity index (χ1v) is 7.23. The maximum Gasteiger partial charge on any atom is 0.146 e. The molecule has 0 amide bonds. The first kappa shape index (κ1) is 15.9. The van der Waals surface area contributed by atoms with Crippen LogP contribution >= 0.6 is 15.9 Å². The zero-order valence-electron chi connectivity index (χ0n) is 11.7. The van der Waals surface area contributed by atoms with E-state index in [4.69, 9.17) is 4.74 Å². The van der Waals surface area contributed by atoms with Crippen molar-refractivity contribution in [3.8, 4) is 5.75 Å². The van der Waals surface area contributed by atoms with Gasteiger partial charge in [-0.1, -0.05) is 12.1 Å². The van der Waals surface area contributed by atoms with E-state index < -0.39 is 17.7 Å². The molecule has 0 aliphatic carbocycles. The number of rotatable bonds is 4. The van der Waals surface area contributed by atoms with Crippen molar-refractivity contribution in [2.75, 3.05) is 0 Å². The lowest BCUT2D eigenvalue weighted by Gasteiger charge is -2.15. The fourth-order valence-corrected chi connectivity index (χ4v) is 2.33. The molecule has 1 unspecified atom stereocenters. The zero-order chi connectivity index (χ0) is 15.6. The molecule has 0 fully saturated rings. The Hall–Kier alpha value is -1.46. The second kappa shape index (κ2) is 6.54. The van der Waals surface area contributed by atoms with E-state index in [-0.39, 0.29) is 16.6 Å². The SMILES string of the molecule is Cc1ccc(C(C)O)c(OCc2c(F)ccc(Br)c2F)c1. The Morgan fingerprint density at radius 3 is 2.62 bits per heavy atom. The van der Waals surface area contributed by atoms with Gasteiger partial charge in [0.1, 0.15) is 24.0 Å². The largest absolute Gasteiger partial charge is 0.488 e.